The third-order valence-electron chi connectivity index (χ3n) is 4.22. The van der Waals surface area contributed by atoms with Crippen molar-refractivity contribution < 1.29 is 5.21 Å². The molecule has 5 nitrogen and oxygen atoms in total. The normalized spacial score (nSPS) is 18.7. The molecular formula is C16H26N4O. The Kier molecular flexibility index (Phi) is 5.59. The van der Waals surface area contributed by atoms with Crippen LogP contribution in [0.2, 0.25) is 0 Å². The van der Waals surface area contributed by atoms with Gasteiger partial charge in [-0.2, -0.15) is 0 Å². The topological polar surface area (TPSA) is 73.9 Å². The molecule has 0 radical (unpaired) electrons. The highest BCUT2D eigenvalue weighted by Gasteiger charge is 2.29. The third-order valence-corrected chi connectivity index (χ3v) is 4.22. The number of nitrogens with two attached hydrogens (primary N) is 1. The number of rotatable bonds is 8. The molecule has 0 spiro atoms. The van der Waals surface area contributed by atoms with Crippen LogP contribution in [0.3, 0.4) is 0 Å². The van der Waals surface area contributed by atoms with Gasteiger partial charge >= 0.3 is 0 Å². The molecule has 116 valence electrons. The first-order valence-corrected chi connectivity index (χ1v) is 7.58. The molecule has 0 heterocycles. The maximum absolute atomic E-state index is 8.80. The summed E-state index contributed by atoms with van der Waals surface area (Å²) in [7, 11) is 2.19. The Hall–Kier alpha value is -1.59. The quantitative estimate of drug-likeness (QED) is 0.296. The van der Waals surface area contributed by atoms with E-state index < -0.39 is 0 Å². The van der Waals surface area contributed by atoms with Crippen LogP contribution in [0.4, 0.5) is 0 Å². The fraction of sp³-hybridized carbons (Fsp3) is 0.562. The standard InChI is InChI=1S/C16H26N4O/c1-12(20(2)14-8-9-14)11-18-15(10-16(17)19-21)13-6-4-3-5-7-13/h3-7,12,14-15,18,21H,8-11H2,1-2H3,(H2,17,19). The van der Waals surface area contributed by atoms with Gasteiger partial charge in [-0.25, -0.2) is 0 Å². The second kappa shape index (κ2) is 7.43. The summed E-state index contributed by atoms with van der Waals surface area (Å²) in [6.07, 6.45) is 3.13. The van der Waals surface area contributed by atoms with Crippen molar-refractivity contribution in [2.45, 2.75) is 44.3 Å². The average molecular weight is 290 g/mol. The summed E-state index contributed by atoms with van der Waals surface area (Å²) in [5, 5.41) is 15.5. The van der Waals surface area contributed by atoms with E-state index in [0.29, 0.717) is 12.5 Å². The van der Waals surface area contributed by atoms with Crippen molar-refractivity contribution in [2.24, 2.45) is 10.9 Å². The number of nitrogens with zero attached hydrogens (tertiary/aromatic N) is 2. The van der Waals surface area contributed by atoms with Crippen LogP contribution in [0.1, 0.15) is 37.8 Å². The zero-order valence-corrected chi connectivity index (χ0v) is 12.9. The minimum absolute atomic E-state index is 0.0668. The second-order valence-corrected chi connectivity index (χ2v) is 5.91. The Morgan fingerprint density at radius 3 is 2.67 bits per heavy atom. The Labute approximate surface area is 126 Å². The van der Waals surface area contributed by atoms with Crippen LogP contribution < -0.4 is 11.1 Å². The van der Waals surface area contributed by atoms with Crippen LogP contribution >= 0.6 is 0 Å². The summed E-state index contributed by atoms with van der Waals surface area (Å²) in [5.74, 6) is 0.250. The number of oxime groups is 1. The van der Waals surface area contributed by atoms with Crippen LogP contribution in [0, 0.1) is 0 Å². The van der Waals surface area contributed by atoms with Gasteiger partial charge in [0.05, 0.1) is 0 Å². The lowest BCUT2D eigenvalue weighted by Crippen LogP contribution is -2.41. The number of amidine groups is 1. The first kappa shape index (κ1) is 15.8. The molecule has 1 aromatic rings. The molecular weight excluding hydrogens is 264 g/mol. The molecule has 1 aromatic carbocycles. The summed E-state index contributed by atoms with van der Waals surface area (Å²) in [5.41, 5.74) is 6.84. The van der Waals surface area contributed by atoms with Crippen molar-refractivity contribution in [3.05, 3.63) is 35.9 Å². The molecule has 1 aliphatic rings. The van der Waals surface area contributed by atoms with Crippen molar-refractivity contribution in [3.63, 3.8) is 0 Å². The number of hydrogen-bond donors (Lipinski definition) is 3. The van der Waals surface area contributed by atoms with E-state index in [9.17, 15) is 0 Å². The molecule has 1 saturated carbocycles. The summed E-state index contributed by atoms with van der Waals surface area (Å²) in [6, 6.07) is 11.4. The lowest BCUT2D eigenvalue weighted by molar-refractivity contribution is 0.235. The maximum Gasteiger partial charge on any atom is 0.141 e. The van der Waals surface area contributed by atoms with Gasteiger partial charge in [-0.1, -0.05) is 35.5 Å². The molecule has 0 saturated heterocycles. The van der Waals surface area contributed by atoms with Crippen molar-refractivity contribution in [2.75, 3.05) is 13.6 Å². The first-order valence-electron chi connectivity index (χ1n) is 7.58. The van der Waals surface area contributed by atoms with E-state index in [1.54, 1.807) is 0 Å². The fourth-order valence-corrected chi connectivity index (χ4v) is 2.54. The molecule has 0 amide bonds. The molecule has 4 N–H and O–H groups in total. The lowest BCUT2D eigenvalue weighted by Gasteiger charge is -2.27. The molecule has 2 unspecified atom stereocenters. The van der Waals surface area contributed by atoms with E-state index in [1.807, 2.05) is 18.2 Å². The highest BCUT2D eigenvalue weighted by atomic mass is 16.4. The predicted molar refractivity (Wildman–Crippen MR) is 85.5 cm³/mol. The van der Waals surface area contributed by atoms with Gasteiger partial charge in [-0.05, 0) is 32.4 Å². The summed E-state index contributed by atoms with van der Waals surface area (Å²) in [4.78, 5) is 2.43. The Morgan fingerprint density at radius 1 is 1.43 bits per heavy atom. The van der Waals surface area contributed by atoms with Crippen LogP contribution in [-0.4, -0.2) is 41.6 Å². The smallest absolute Gasteiger partial charge is 0.141 e. The lowest BCUT2D eigenvalue weighted by atomic mass is 10.0. The van der Waals surface area contributed by atoms with Gasteiger partial charge in [0.1, 0.15) is 5.84 Å². The van der Waals surface area contributed by atoms with Gasteiger partial charge in [0.2, 0.25) is 0 Å². The van der Waals surface area contributed by atoms with Crippen LogP contribution in [-0.2, 0) is 0 Å². The highest BCUT2D eigenvalue weighted by molar-refractivity contribution is 5.80. The zero-order chi connectivity index (χ0) is 15.2. The van der Waals surface area contributed by atoms with Gasteiger partial charge in [-0.3, -0.25) is 4.90 Å². The monoisotopic (exact) mass is 290 g/mol. The minimum Gasteiger partial charge on any atom is -0.409 e. The predicted octanol–water partition coefficient (Wildman–Crippen LogP) is 1.94. The third kappa shape index (κ3) is 4.72. The van der Waals surface area contributed by atoms with E-state index in [4.69, 9.17) is 10.9 Å². The summed E-state index contributed by atoms with van der Waals surface area (Å²) in [6.45, 7) is 3.11. The number of likely N-dealkylation sites (N-methyl/N-ethyl adjacent to an activating group) is 1. The van der Waals surface area contributed by atoms with E-state index in [-0.39, 0.29) is 11.9 Å². The minimum atomic E-state index is 0.0668. The van der Waals surface area contributed by atoms with E-state index in [0.717, 1.165) is 18.2 Å². The van der Waals surface area contributed by atoms with Gasteiger partial charge in [0.25, 0.3) is 0 Å². The highest BCUT2D eigenvalue weighted by Crippen LogP contribution is 2.27. The van der Waals surface area contributed by atoms with Crippen LogP contribution in [0.25, 0.3) is 0 Å². The maximum atomic E-state index is 8.80. The van der Waals surface area contributed by atoms with Gasteiger partial charge in [-0.15, -0.1) is 0 Å². The number of hydrogen-bond acceptors (Lipinski definition) is 4. The van der Waals surface area contributed by atoms with E-state index >= 15 is 0 Å². The molecule has 2 rings (SSSR count). The van der Waals surface area contributed by atoms with Gasteiger partial charge < -0.3 is 16.3 Å². The molecule has 1 fully saturated rings. The molecule has 1 aliphatic carbocycles. The number of nitrogens with one attached hydrogen (secondary N) is 1. The number of benzene rings is 1. The SMILES string of the molecule is CC(CNC(C/C(N)=N/O)c1ccccc1)N(C)C1CC1. The molecule has 2 atom stereocenters. The molecule has 0 aromatic heterocycles. The van der Waals surface area contributed by atoms with Crippen LogP contribution in [0.15, 0.2) is 35.5 Å². The van der Waals surface area contributed by atoms with Crippen molar-refractivity contribution in [3.8, 4) is 0 Å². The molecule has 0 aliphatic heterocycles. The molecule has 5 heteroatoms. The average Bonchev–Trinajstić information content (AvgIpc) is 3.35. The van der Waals surface area contributed by atoms with Gasteiger partial charge in [0, 0.05) is 31.1 Å². The van der Waals surface area contributed by atoms with Crippen molar-refractivity contribution in [1.82, 2.24) is 10.2 Å². The summed E-state index contributed by atoms with van der Waals surface area (Å²) < 4.78 is 0. The van der Waals surface area contributed by atoms with Gasteiger partial charge in [0.15, 0.2) is 0 Å². The Morgan fingerprint density at radius 2 is 2.10 bits per heavy atom. The summed E-state index contributed by atoms with van der Waals surface area (Å²) >= 11 is 0. The van der Waals surface area contributed by atoms with Crippen molar-refractivity contribution in [1.29, 1.82) is 0 Å². The Bertz CT molecular complexity index is 459. The second-order valence-electron chi connectivity index (χ2n) is 5.91. The largest absolute Gasteiger partial charge is 0.409 e. The van der Waals surface area contributed by atoms with Crippen LogP contribution in [0.5, 0.6) is 0 Å². The Balaban J connectivity index is 1.95. The molecule has 21 heavy (non-hydrogen) atoms. The zero-order valence-electron chi connectivity index (χ0n) is 12.9. The van der Waals surface area contributed by atoms with E-state index in [1.165, 1.54) is 12.8 Å². The van der Waals surface area contributed by atoms with Crippen molar-refractivity contribution >= 4 is 5.84 Å². The van der Waals surface area contributed by atoms with E-state index in [2.05, 4.69) is 41.5 Å². The molecule has 0 bridgehead atoms. The fourth-order valence-electron chi connectivity index (χ4n) is 2.54. The first-order chi connectivity index (χ1) is 10.1.